The van der Waals surface area contributed by atoms with Gasteiger partial charge in [-0.1, -0.05) is 6.07 Å². The second-order valence-electron chi connectivity index (χ2n) is 4.83. The molecule has 1 aromatic rings. The number of methoxy groups -OCH3 is 1. The van der Waals surface area contributed by atoms with Crippen LogP contribution in [0.5, 0.6) is 5.75 Å². The van der Waals surface area contributed by atoms with E-state index in [1.54, 1.807) is 30.1 Å². The average molecular weight is 263 g/mol. The zero-order valence-electron chi connectivity index (χ0n) is 11.0. The maximum absolute atomic E-state index is 12.2. The highest BCUT2D eigenvalue weighted by Gasteiger charge is 2.29. The van der Waals surface area contributed by atoms with Gasteiger partial charge in [0.25, 0.3) is 0 Å². The summed E-state index contributed by atoms with van der Waals surface area (Å²) < 4.78 is 4.63. The molecule has 2 rings (SSSR count). The lowest BCUT2D eigenvalue weighted by molar-refractivity contribution is -0.146. The number of hydrogen-bond donors (Lipinski definition) is 1. The Morgan fingerprint density at radius 1 is 1.47 bits per heavy atom. The number of carbonyl (C=O) groups excluding carboxylic acids is 2. The maximum atomic E-state index is 12.2. The van der Waals surface area contributed by atoms with Crippen LogP contribution in [0.25, 0.3) is 0 Å². The third-order valence-electron chi connectivity index (χ3n) is 3.43. The predicted molar refractivity (Wildman–Crippen MR) is 68.4 cm³/mol. The fourth-order valence-corrected chi connectivity index (χ4v) is 2.40. The topological polar surface area (TPSA) is 66.8 Å². The number of nitrogens with zero attached hydrogens (tertiary/aromatic N) is 1. The van der Waals surface area contributed by atoms with Crippen molar-refractivity contribution in [2.75, 3.05) is 14.2 Å². The first-order valence-electron chi connectivity index (χ1n) is 6.14. The van der Waals surface area contributed by atoms with Crippen molar-refractivity contribution in [3.05, 3.63) is 29.3 Å². The first-order chi connectivity index (χ1) is 9.01. The molecule has 1 unspecified atom stereocenters. The van der Waals surface area contributed by atoms with Crippen molar-refractivity contribution in [2.24, 2.45) is 5.92 Å². The van der Waals surface area contributed by atoms with Gasteiger partial charge in [0.05, 0.1) is 19.4 Å². The standard InChI is InChI=1S/C14H17NO4/c1-15-8-11-6-12(16)4-3-9(11)5-10(14(15)18)7-13(17)19-2/h3-4,6,10,16H,5,7-8H2,1-2H3. The quantitative estimate of drug-likeness (QED) is 0.811. The van der Waals surface area contributed by atoms with Gasteiger partial charge < -0.3 is 14.7 Å². The van der Waals surface area contributed by atoms with E-state index in [4.69, 9.17) is 0 Å². The van der Waals surface area contributed by atoms with Crippen LogP contribution in [0.1, 0.15) is 17.5 Å². The lowest BCUT2D eigenvalue weighted by Crippen LogP contribution is -2.32. The molecule has 1 heterocycles. The smallest absolute Gasteiger partial charge is 0.306 e. The zero-order valence-corrected chi connectivity index (χ0v) is 11.0. The van der Waals surface area contributed by atoms with Crippen LogP contribution in [0.2, 0.25) is 0 Å². The second kappa shape index (κ2) is 5.30. The molecule has 0 spiro atoms. The van der Waals surface area contributed by atoms with Crippen LogP contribution in [-0.4, -0.2) is 36.0 Å². The molecule has 0 fully saturated rings. The van der Waals surface area contributed by atoms with Crippen LogP contribution >= 0.6 is 0 Å². The van der Waals surface area contributed by atoms with Crippen molar-refractivity contribution in [3.8, 4) is 5.75 Å². The van der Waals surface area contributed by atoms with Crippen LogP contribution in [-0.2, 0) is 27.3 Å². The van der Waals surface area contributed by atoms with Gasteiger partial charge in [0.15, 0.2) is 0 Å². The Morgan fingerprint density at radius 3 is 2.89 bits per heavy atom. The average Bonchev–Trinajstić information content (AvgIpc) is 2.49. The summed E-state index contributed by atoms with van der Waals surface area (Å²) in [5.74, 6) is -0.663. The van der Waals surface area contributed by atoms with Gasteiger partial charge in [-0.2, -0.15) is 0 Å². The molecule has 0 saturated carbocycles. The monoisotopic (exact) mass is 263 g/mol. The van der Waals surface area contributed by atoms with Crippen LogP contribution in [0.4, 0.5) is 0 Å². The first-order valence-corrected chi connectivity index (χ1v) is 6.14. The molecule has 0 bridgehead atoms. The molecule has 1 aromatic carbocycles. The van der Waals surface area contributed by atoms with E-state index in [9.17, 15) is 14.7 Å². The van der Waals surface area contributed by atoms with E-state index in [-0.39, 0.29) is 24.0 Å². The lowest BCUT2D eigenvalue weighted by atomic mass is 9.94. The molecule has 102 valence electrons. The molecule has 1 N–H and O–H groups in total. The number of phenols is 1. The molecule has 0 aliphatic carbocycles. The summed E-state index contributed by atoms with van der Waals surface area (Å²) in [5, 5.41) is 9.50. The number of fused-ring (bicyclic) bond motifs is 1. The molecular weight excluding hydrogens is 246 g/mol. The van der Waals surface area contributed by atoms with E-state index < -0.39 is 5.92 Å². The Morgan fingerprint density at radius 2 is 2.21 bits per heavy atom. The van der Waals surface area contributed by atoms with Gasteiger partial charge in [-0.25, -0.2) is 0 Å². The Labute approximate surface area is 111 Å². The molecule has 1 aliphatic rings. The van der Waals surface area contributed by atoms with Crippen molar-refractivity contribution in [1.82, 2.24) is 4.90 Å². The SMILES string of the molecule is COC(=O)CC1Cc2ccc(O)cc2CN(C)C1=O. The number of aromatic hydroxyl groups is 1. The summed E-state index contributed by atoms with van der Waals surface area (Å²) in [7, 11) is 3.02. The largest absolute Gasteiger partial charge is 0.508 e. The predicted octanol–water partition coefficient (Wildman–Crippen LogP) is 1.09. The minimum Gasteiger partial charge on any atom is -0.508 e. The third-order valence-corrected chi connectivity index (χ3v) is 3.43. The summed E-state index contributed by atoms with van der Waals surface area (Å²) >= 11 is 0. The Kier molecular flexibility index (Phi) is 3.74. The highest BCUT2D eigenvalue weighted by Crippen LogP contribution is 2.27. The maximum Gasteiger partial charge on any atom is 0.306 e. The molecule has 5 nitrogen and oxygen atoms in total. The van der Waals surface area contributed by atoms with Gasteiger partial charge in [-0.15, -0.1) is 0 Å². The van der Waals surface area contributed by atoms with Crippen molar-refractivity contribution < 1.29 is 19.4 Å². The van der Waals surface area contributed by atoms with Crippen molar-refractivity contribution in [2.45, 2.75) is 19.4 Å². The lowest BCUT2D eigenvalue weighted by Gasteiger charge is -2.19. The Balaban J connectivity index is 2.29. The highest BCUT2D eigenvalue weighted by atomic mass is 16.5. The molecule has 1 amide bonds. The van der Waals surface area contributed by atoms with Gasteiger partial charge in [0.2, 0.25) is 5.91 Å². The molecule has 1 aliphatic heterocycles. The van der Waals surface area contributed by atoms with Crippen LogP contribution < -0.4 is 0 Å². The van der Waals surface area contributed by atoms with Crippen LogP contribution in [0, 0.1) is 5.92 Å². The molecule has 0 radical (unpaired) electrons. The molecular formula is C14H17NO4. The summed E-state index contributed by atoms with van der Waals surface area (Å²) in [6.07, 6.45) is 0.577. The van der Waals surface area contributed by atoms with Crippen molar-refractivity contribution in [3.63, 3.8) is 0 Å². The van der Waals surface area contributed by atoms with Gasteiger partial charge in [-0.05, 0) is 29.7 Å². The minimum absolute atomic E-state index is 0.0684. The number of phenolic OH excluding ortho intramolecular Hbond substituents is 1. The fourth-order valence-electron chi connectivity index (χ4n) is 2.40. The van der Waals surface area contributed by atoms with E-state index in [2.05, 4.69) is 4.74 Å². The number of rotatable bonds is 2. The zero-order chi connectivity index (χ0) is 14.0. The fraction of sp³-hybridized carbons (Fsp3) is 0.429. The molecule has 1 atom stereocenters. The summed E-state index contributed by atoms with van der Waals surface area (Å²) in [4.78, 5) is 25.2. The number of amides is 1. The van der Waals surface area contributed by atoms with Crippen LogP contribution in [0.3, 0.4) is 0 Å². The number of esters is 1. The van der Waals surface area contributed by atoms with Gasteiger partial charge in [0, 0.05) is 13.6 Å². The third kappa shape index (κ3) is 2.86. The highest BCUT2D eigenvalue weighted by molar-refractivity contribution is 5.84. The van der Waals surface area contributed by atoms with E-state index in [1.165, 1.54) is 7.11 Å². The number of hydrogen-bond acceptors (Lipinski definition) is 4. The number of benzene rings is 1. The summed E-state index contributed by atoms with van der Waals surface area (Å²) in [6.45, 7) is 0.445. The van der Waals surface area contributed by atoms with E-state index in [1.807, 2.05) is 0 Å². The normalized spacial score (nSPS) is 18.7. The Hall–Kier alpha value is -2.04. The number of ether oxygens (including phenoxy) is 1. The van der Waals surface area contributed by atoms with E-state index in [0.717, 1.165) is 11.1 Å². The molecule has 0 aromatic heterocycles. The summed E-state index contributed by atoms with van der Waals surface area (Å²) in [5.41, 5.74) is 1.91. The minimum atomic E-state index is -0.400. The molecule has 19 heavy (non-hydrogen) atoms. The molecule has 5 heteroatoms. The van der Waals surface area contributed by atoms with Crippen LogP contribution in [0.15, 0.2) is 18.2 Å². The van der Waals surface area contributed by atoms with Crippen molar-refractivity contribution >= 4 is 11.9 Å². The summed E-state index contributed by atoms with van der Waals surface area (Å²) in [6, 6.07) is 5.07. The van der Waals surface area contributed by atoms with E-state index >= 15 is 0 Å². The molecule has 0 saturated heterocycles. The number of carbonyl (C=O) groups is 2. The van der Waals surface area contributed by atoms with Gasteiger partial charge in [-0.3, -0.25) is 9.59 Å². The second-order valence-corrected chi connectivity index (χ2v) is 4.83. The first kappa shape index (κ1) is 13.4. The van der Waals surface area contributed by atoms with E-state index in [0.29, 0.717) is 13.0 Å². The Bertz CT molecular complexity index is 512. The van der Waals surface area contributed by atoms with Gasteiger partial charge in [0.1, 0.15) is 5.75 Å². The van der Waals surface area contributed by atoms with Gasteiger partial charge >= 0.3 is 5.97 Å². The van der Waals surface area contributed by atoms with Crippen molar-refractivity contribution in [1.29, 1.82) is 0 Å².